The van der Waals surface area contributed by atoms with Crippen LogP contribution in [0, 0.1) is 0 Å². The normalized spacial score (nSPS) is 13.8. The number of pyridine rings is 1. The molecule has 3 heterocycles. The van der Waals surface area contributed by atoms with E-state index >= 15 is 0 Å². The van der Waals surface area contributed by atoms with Gasteiger partial charge in [-0.1, -0.05) is 0 Å². The summed E-state index contributed by atoms with van der Waals surface area (Å²) >= 11 is 2.25. The highest BCUT2D eigenvalue weighted by atomic mass is 79.9. The number of alkyl halides is 5. The standard InChI is InChI=1S/C15H12BrF4N5O/c1-8(14(2,17)18)26-12-4-3-9(5-22-12)10-7-25-11(6-21-10)23-24-13(25)15(16,19)20/h3-8H,1-2H3. The van der Waals surface area contributed by atoms with Crippen molar-refractivity contribution < 1.29 is 22.3 Å². The Balaban J connectivity index is 1.90. The van der Waals surface area contributed by atoms with E-state index in [9.17, 15) is 17.6 Å². The molecular weight excluding hydrogens is 422 g/mol. The molecule has 0 saturated carbocycles. The summed E-state index contributed by atoms with van der Waals surface area (Å²) in [4.78, 5) is 4.71. The molecule has 0 saturated heterocycles. The van der Waals surface area contributed by atoms with Crippen LogP contribution in [0.2, 0.25) is 0 Å². The lowest BCUT2D eigenvalue weighted by atomic mass is 10.2. The minimum atomic E-state index is -3.36. The Hall–Kier alpha value is -2.30. The second-order valence-corrected chi connectivity index (χ2v) is 6.62. The fraction of sp³-hybridized carbons (Fsp3) is 0.333. The van der Waals surface area contributed by atoms with E-state index in [1.807, 2.05) is 0 Å². The molecule has 0 N–H and O–H groups in total. The van der Waals surface area contributed by atoms with Gasteiger partial charge in [0.15, 0.2) is 11.8 Å². The van der Waals surface area contributed by atoms with E-state index in [0.29, 0.717) is 11.3 Å². The van der Waals surface area contributed by atoms with Crippen molar-refractivity contribution in [2.45, 2.75) is 30.7 Å². The third-order valence-corrected chi connectivity index (χ3v) is 3.94. The molecule has 11 heteroatoms. The Morgan fingerprint density at radius 2 is 1.85 bits per heavy atom. The molecule has 138 valence electrons. The molecule has 3 aromatic heterocycles. The number of ether oxygens (including phenoxy) is 1. The third-order valence-electron chi connectivity index (χ3n) is 3.59. The van der Waals surface area contributed by atoms with E-state index in [2.05, 4.69) is 36.1 Å². The highest BCUT2D eigenvalue weighted by Gasteiger charge is 2.34. The van der Waals surface area contributed by atoms with Gasteiger partial charge in [-0.05, 0) is 28.9 Å². The van der Waals surface area contributed by atoms with Crippen LogP contribution in [0.15, 0.2) is 30.7 Å². The fourth-order valence-corrected chi connectivity index (χ4v) is 2.30. The summed E-state index contributed by atoms with van der Waals surface area (Å²) in [5.74, 6) is -3.59. The summed E-state index contributed by atoms with van der Waals surface area (Å²) in [5.41, 5.74) is 0.950. The molecule has 0 fully saturated rings. The molecule has 0 aliphatic carbocycles. The number of rotatable bonds is 5. The Labute approximate surface area is 153 Å². The average molecular weight is 434 g/mol. The van der Waals surface area contributed by atoms with E-state index < -0.39 is 22.7 Å². The van der Waals surface area contributed by atoms with E-state index in [1.165, 1.54) is 37.6 Å². The average Bonchev–Trinajstić information content (AvgIpc) is 2.98. The van der Waals surface area contributed by atoms with Crippen molar-refractivity contribution in [2.75, 3.05) is 0 Å². The predicted octanol–water partition coefficient (Wildman–Crippen LogP) is 4.05. The Morgan fingerprint density at radius 3 is 2.42 bits per heavy atom. The summed E-state index contributed by atoms with van der Waals surface area (Å²) in [7, 11) is 0. The van der Waals surface area contributed by atoms with Crippen molar-refractivity contribution in [3.8, 4) is 17.1 Å². The first-order valence-corrected chi connectivity index (χ1v) is 8.14. The Kier molecular flexibility index (Phi) is 4.59. The van der Waals surface area contributed by atoms with E-state index in [1.54, 1.807) is 0 Å². The molecule has 0 amide bonds. The maximum absolute atomic E-state index is 13.5. The molecule has 26 heavy (non-hydrogen) atoms. The minimum Gasteiger partial charge on any atom is -0.468 e. The monoisotopic (exact) mass is 433 g/mol. The van der Waals surface area contributed by atoms with Crippen molar-refractivity contribution >= 4 is 21.6 Å². The lowest BCUT2D eigenvalue weighted by Crippen LogP contribution is -2.32. The van der Waals surface area contributed by atoms with Crippen molar-refractivity contribution in [2.24, 2.45) is 0 Å². The van der Waals surface area contributed by atoms with Gasteiger partial charge in [0, 0.05) is 30.9 Å². The molecule has 0 radical (unpaired) electrons. The van der Waals surface area contributed by atoms with E-state index in [0.717, 1.165) is 11.3 Å². The molecule has 1 atom stereocenters. The first-order chi connectivity index (χ1) is 12.1. The topological polar surface area (TPSA) is 65.2 Å². The SMILES string of the molecule is CC(Oc1ccc(-c2cn3c(C(F)(F)Br)nnc3cn2)cn1)C(C)(F)F. The quantitative estimate of drug-likeness (QED) is 0.448. The summed E-state index contributed by atoms with van der Waals surface area (Å²) in [6, 6.07) is 2.93. The van der Waals surface area contributed by atoms with Gasteiger partial charge >= 0.3 is 4.83 Å². The smallest absolute Gasteiger partial charge is 0.360 e. The molecule has 3 aromatic rings. The lowest BCUT2D eigenvalue weighted by Gasteiger charge is -2.20. The first-order valence-electron chi connectivity index (χ1n) is 7.34. The number of halogens is 5. The molecule has 0 aliphatic rings. The summed E-state index contributed by atoms with van der Waals surface area (Å²) in [6.07, 6.45) is 2.62. The highest BCUT2D eigenvalue weighted by Crippen LogP contribution is 2.33. The summed E-state index contributed by atoms with van der Waals surface area (Å²) in [6.45, 7) is 1.99. The zero-order valence-corrected chi connectivity index (χ0v) is 15.1. The third kappa shape index (κ3) is 3.76. The molecular formula is C15H12BrF4N5O. The van der Waals surface area contributed by atoms with Gasteiger partial charge in [0.05, 0.1) is 11.9 Å². The zero-order chi connectivity index (χ0) is 19.1. The van der Waals surface area contributed by atoms with Crippen LogP contribution in [0.25, 0.3) is 16.9 Å². The molecule has 0 spiro atoms. The van der Waals surface area contributed by atoms with Gasteiger partial charge in [0.25, 0.3) is 5.92 Å². The molecule has 6 nitrogen and oxygen atoms in total. The van der Waals surface area contributed by atoms with Crippen molar-refractivity contribution in [1.29, 1.82) is 0 Å². The second kappa shape index (κ2) is 6.45. The largest absolute Gasteiger partial charge is 0.468 e. The van der Waals surface area contributed by atoms with Crippen molar-refractivity contribution in [3.63, 3.8) is 0 Å². The summed E-state index contributed by atoms with van der Waals surface area (Å²) in [5, 5.41) is 7.06. The maximum Gasteiger partial charge on any atom is 0.360 e. The number of hydrogen-bond acceptors (Lipinski definition) is 5. The van der Waals surface area contributed by atoms with Crippen LogP contribution in [0.1, 0.15) is 19.7 Å². The highest BCUT2D eigenvalue weighted by molar-refractivity contribution is 9.09. The van der Waals surface area contributed by atoms with Crippen LogP contribution in [-0.4, -0.2) is 36.6 Å². The summed E-state index contributed by atoms with van der Waals surface area (Å²) < 4.78 is 59.5. The molecule has 3 rings (SSSR count). The molecule has 0 aromatic carbocycles. The number of fused-ring (bicyclic) bond motifs is 1. The van der Waals surface area contributed by atoms with Crippen molar-refractivity contribution in [3.05, 3.63) is 36.5 Å². The van der Waals surface area contributed by atoms with Gasteiger partial charge in [-0.3, -0.25) is 9.38 Å². The number of nitrogens with zero attached hydrogens (tertiary/aromatic N) is 5. The predicted molar refractivity (Wildman–Crippen MR) is 87.5 cm³/mol. The second-order valence-electron chi connectivity index (χ2n) is 5.62. The fourth-order valence-electron chi connectivity index (χ4n) is 2.03. The van der Waals surface area contributed by atoms with Crippen LogP contribution in [0.4, 0.5) is 17.6 Å². The molecule has 0 aliphatic heterocycles. The van der Waals surface area contributed by atoms with Crippen LogP contribution >= 0.6 is 15.9 Å². The molecule has 1 unspecified atom stereocenters. The lowest BCUT2D eigenvalue weighted by molar-refractivity contribution is -0.0732. The van der Waals surface area contributed by atoms with Gasteiger partial charge < -0.3 is 4.74 Å². The van der Waals surface area contributed by atoms with Gasteiger partial charge in [-0.25, -0.2) is 13.8 Å². The van der Waals surface area contributed by atoms with Gasteiger partial charge in [-0.2, -0.15) is 8.78 Å². The Bertz CT molecular complexity index is 920. The van der Waals surface area contributed by atoms with Gasteiger partial charge in [0.2, 0.25) is 11.7 Å². The van der Waals surface area contributed by atoms with Crippen molar-refractivity contribution in [1.82, 2.24) is 24.6 Å². The van der Waals surface area contributed by atoms with Gasteiger partial charge in [-0.15, -0.1) is 10.2 Å². The zero-order valence-electron chi connectivity index (χ0n) is 13.5. The molecule has 0 bridgehead atoms. The number of aromatic nitrogens is 5. The van der Waals surface area contributed by atoms with Gasteiger partial charge in [0.1, 0.15) is 0 Å². The van der Waals surface area contributed by atoms with Crippen LogP contribution in [0.5, 0.6) is 5.88 Å². The van der Waals surface area contributed by atoms with Crippen LogP contribution in [0.3, 0.4) is 0 Å². The maximum atomic E-state index is 13.5. The van der Waals surface area contributed by atoms with E-state index in [4.69, 9.17) is 4.74 Å². The minimum absolute atomic E-state index is 0.0147. The van der Waals surface area contributed by atoms with Crippen LogP contribution < -0.4 is 4.74 Å². The Morgan fingerprint density at radius 1 is 1.12 bits per heavy atom. The van der Waals surface area contributed by atoms with E-state index in [-0.39, 0.29) is 11.5 Å². The van der Waals surface area contributed by atoms with Crippen LogP contribution in [-0.2, 0) is 4.83 Å². The first kappa shape index (κ1) is 18.5. The number of hydrogen-bond donors (Lipinski definition) is 0.